The van der Waals surface area contributed by atoms with Crippen molar-refractivity contribution in [1.29, 1.82) is 0 Å². The summed E-state index contributed by atoms with van der Waals surface area (Å²) in [5.74, 6) is 0.957. The smallest absolute Gasteiger partial charge is 0.242 e. The molecular weight excluding hydrogens is 266 g/mol. The lowest BCUT2D eigenvalue weighted by molar-refractivity contribution is 0.399. The number of nitrogens with zero attached hydrogens (tertiary/aromatic N) is 1. The monoisotopic (exact) mass is 289 g/mol. The molecule has 20 heavy (non-hydrogen) atoms. The molecule has 0 aromatic carbocycles. The summed E-state index contributed by atoms with van der Waals surface area (Å²) in [4.78, 5) is 0. The Morgan fingerprint density at radius 3 is 2.80 bits per heavy atom. The highest BCUT2D eigenvalue weighted by Crippen LogP contribution is 2.28. The molecule has 1 aliphatic heterocycles. The number of rotatable bonds is 4. The number of nitrogens with two attached hydrogens (primary N) is 1. The molecular formula is C15H23N3OSi. The van der Waals surface area contributed by atoms with Gasteiger partial charge in [0.1, 0.15) is 5.76 Å². The van der Waals surface area contributed by atoms with Gasteiger partial charge in [-0.1, -0.05) is 12.2 Å². The predicted molar refractivity (Wildman–Crippen MR) is 85.6 cm³/mol. The lowest BCUT2D eigenvalue weighted by Crippen LogP contribution is -2.29. The third kappa shape index (κ3) is 3.88. The van der Waals surface area contributed by atoms with Gasteiger partial charge >= 0.3 is 0 Å². The third-order valence-electron chi connectivity index (χ3n) is 2.84. The fourth-order valence-corrected chi connectivity index (χ4v) is 2.90. The van der Waals surface area contributed by atoms with Crippen molar-refractivity contribution < 1.29 is 4.43 Å². The topological polar surface area (TPSA) is 50.5 Å². The van der Waals surface area contributed by atoms with Gasteiger partial charge in [-0.3, -0.25) is 5.01 Å². The van der Waals surface area contributed by atoms with Gasteiger partial charge in [-0.05, 0) is 38.2 Å². The SMILES string of the molecule is C[Si](C)(C)OC1=C(CN)C=CCC1=CN1C=CC=CN1. The molecule has 4 nitrogen and oxygen atoms in total. The maximum absolute atomic E-state index is 6.26. The Labute approximate surface area is 122 Å². The minimum absolute atomic E-state index is 0.497. The summed E-state index contributed by atoms with van der Waals surface area (Å²) in [5, 5.41) is 1.93. The Bertz CT molecular complexity index is 510. The standard InChI is InChI=1S/C15H23N3OSi/c1-20(2,3)19-15-13(11-16)7-6-8-14(15)12-18-10-5-4-9-17-18/h4-7,9-10,12,17H,8,11,16H2,1-3H3. The van der Waals surface area contributed by atoms with Crippen LogP contribution in [0.25, 0.3) is 0 Å². The van der Waals surface area contributed by atoms with E-state index >= 15 is 0 Å². The molecule has 0 unspecified atom stereocenters. The van der Waals surface area contributed by atoms with Crippen LogP contribution in [0, 0.1) is 0 Å². The minimum atomic E-state index is -1.67. The normalized spacial score (nSPS) is 20.6. The van der Waals surface area contributed by atoms with Crippen molar-refractivity contribution in [2.24, 2.45) is 5.73 Å². The molecule has 0 bridgehead atoms. The zero-order valence-electron chi connectivity index (χ0n) is 12.4. The van der Waals surface area contributed by atoms with Crippen molar-refractivity contribution in [1.82, 2.24) is 10.4 Å². The van der Waals surface area contributed by atoms with E-state index in [2.05, 4.69) is 43.4 Å². The molecule has 2 aliphatic rings. The molecule has 0 saturated heterocycles. The fraction of sp³-hybridized carbons (Fsp3) is 0.333. The van der Waals surface area contributed by atoms with Gasteiger partial charge < -0.3 is 15.6 Å². The van der Waals surface area contributed by atoms with E-state index in [0.717, 1.165) is 23.3 Å². The Balaban J connectivity index is 2.29. The Hall–Kier alpha value is -1.72. The highest BCUT2D eigenvalue weighted by atomic mass is 28.4. The third-order valence-corrected chi connectivity index (χ3v) is 3.66. The minimum Gasteiger partial charge on any atom is -0.544 e. The summed E-state index contributed by atoms with van der Waals surface area (Å²) in [7, 11) is -1.67. The van der Waals surface area contributed by atoms with Crippen LogP contribution in [0.1, 0.15) is 6.42 Å². The van der Waals surface area contributed by atoms with E-state index in [1.54, 1.807) is 0 Å². The van der Waals surface area contributed by atoms with Crippen LogP contribution in [-0.2, 0) is 4.43 Å². The van der Waals surface area contributed by atoms with Gasteiger partial charge in [0, 0.05) is 36.3 Å². The Kier molecular flexibility index (Phi) is 4.52. The first-order valence-corrected chi connectivity index (χ1v) is 10.3. The predicted octanol–water partition coefficient (Wildman–Crippen LogP) is 2.74. The van der Waals surface area contributed by atoms with Gasteiger partial charge in [-0.2, -0.15) is 0 Å². The molecule has 1 heterocycles. The molecule has 5 heteroatoms. The molecule has 108 valence electrons. The fourth-order valence-electron chi connectivity index (χ4n) is 2.03. The first kappa shape index (κ1) is 14.7. The second-order valence-corrected chi connectivity index (χ2v) is 10.2. The van der Waals surface area contributed by atoms with Crippen molar-refractivity contribution >= 4 is 8.32 Å². The lowest BCUT2D eigenvalue weighted by Gasteiger charge is -2.28. The zero-order chi connectivity index (χ0) is 14.6. The molecule has 0 aromatic heterocycles. The summed E-state index contributed by atoms with van der Waals surface area (Å²) < 4.78 is 6.26. The van der Waals surface area contributed by atoms with Crippen LogP contribution in [0.5, 0.6) is 0 Å². The van der Waals surface area contributed by atoms with Crippen LogP contribution in [0.2, 0.25) is 19.6 Å². The van der Waals surface area contributed by atoms with E-state index in [-0.39, 0.29) is 0 Å². The number of nitrogens with one attached hydrogen (secondary N) is 1. The number of hydrazine groups is 1. The molecule has 0 spiro atoms. The molecule has 0 radical (unpaired) electrons. The van der Waals surface area contributed by atoms with Crippen LogP contribution in [0.4, 0.5) is 0 Å². The zero-order valence-corrected chi connectivity index (χ0v) is 13.4. The van der Waals surface area contributed by atoms with Gasteiger partial charge in [0.25, 0.3) is 0 Å². The van der Waals surface area contributed by atoms with Crippen molar-refractivity contribution in [2.75, 3.05) is 6.54 Å². The highest BCUT2D eigenvalue weighted by molar-refractivity contribution is 6.70. The molecule has 0 amide bonds. The van der Waals surface area contributed by atoms with Crippen LogP contribution in [0.3, 0.4) is 0 Å². The molecule has 0 saturated carbocycles. The number of hydrogen-bond acceptors (Lipinski definition) is 4. The molecule has 1 aliphatic carbocycles. The van der Waals surface area contributed by atoms with E-state index in [0.29, 0.717) is 6.54 Å². The van der Waals surface area contributed by atoms with Gasteiger partial charge in [0.2, 0.25) is 8.32 Å². The van der Waals surface area contributed by atoms with Crippen LogP contribution in [-0.4, -0.2) is 19.9 Å². The van der Waals surface area contributed by atoms with E-state index in [1.807, 2.05) is 29.6 Å². The average Bonchev–Trinajstić information content (AvgIpc) is 2.40. The van der Waals surface area contributed by atoms with Gasteiger partial charge in [0.15, 0.2) is 0 Å². The van der Waals surface area contributed by atoms with E-state index in [1.165, 1.54) is 0 Å². The summed E-state index contributed by atoms with van der Waals surface area (Å²) in [5.41, 5.74) is 11.2. The van der Waals surface area contributed by atoms with Crippen molar-refractivity contribution in [2.45, 2.75) is 26.1 Å². The summed E-state index contributed by atoms with van der Waals surface area (Å²) in [6.45, 7) is 7.06. The molecule has 0 fully saturated rings. The Morgan fingerprint density at radius 1 is 1.40 bits per heavy atom. The van der Waals surface area contributed by atoms with Crippen molar-refractivity contribution in [3.05, 3.63) is 59.8 Å². The van der Waals surface area contributed by atoms with Crippen LogP contribution < -0.4 is 11.2 Å². The van der Waals surface area contributed by atoms with Gasteiger partial charge in [-0.15, -0.1) is 0 Å². The molecule has 2 rings (SSSR count). The molecule has 0 atom stereocenters. The maximum Gasteiger partial charge on any atom is 0.242 e. The second kappa shape index (κ2) is 6.15. The van der Waals surface area contributed by atoms with Crippen molar-refractivity contribution in [3.63, 3.8) is 0 Å². The van der Waals surface area contributed by atoms with Gasteiger partial charge in [0.05, 0.1) is 0 Å². The van der Waals surface area contributed by atoms with Crippen LogP contribution in [0.15, 0.2) is 59.8 Å². The maximum atomic E-state index is 6.26. The Morgan fingerprint density at radius 2 is 2.20 bits per heavy atom. The molecule has 3 N–H and O–H groups in total. The van der Waals surface area contributed by atoms with Gasteiger partial charge in [-0.25, -0.2) is 0 Å². The summed E-state index contributed by atoms with van der Waals surface area (Å²) in [6, 6.07) is 0. The first-order valence-electron chi connectivity index (χ1n) is 6.87. The number of hydrogen-bond donors (Lipinski definition) is 2. The first-order chi connectivity index (χ1) is 9.49. The highest BCUT2D eigenvalue weighted by Gasteiger charge is 2.23. The second-order valence-electron chi connectivity index (χ2n) is 5.77. The van der Waals surface area contributed by atoms with E-state index in [4.69, 9.17) is 10.2 Å². The lowest BCUT2D eigenvalue weighted by atomic mass is 10.0. The van der Waals surface area contributed by atoms with E-state index < -0.39 is 8.32 Å². The summed E-state index contributed by atoms with van der Waals surface area (Å²) in [6.07, 6.45) is 14.9. The van der Waals surface area contributed by atoms with Crippen molar-refractivity contribution in [3.8, 4) is 0 Å². The number of allylic oxidation sites excluding steroid dienone is 4. The van der Waals surface area contributed by atoms with E-state index in [9.17, 15) is 0 Å². The van der Waals surface area contributed by atoms with Crippen LogP contribution >= 0.6 is 0 Å². The molecule has 0 aromatic rings. The quantitative estimate of drug-likeness (QED) is 0.781. The summed E-state index contributed by atoms with van der Waals surface area (Å²) >= 11 is 0. The average molecular weight is 289 g/mol. The largest absolute Gasteiger partial charge is 0.544 e.